The lowest BCUT2D eigenvalue weighted by Crippen LogP contribution is -2.45. The number of esters is 2. The summed E-state index contributed by atoms with van der Waals surface area (Å²) < 4.78 is 29.9. The lowest BCUT2D eigenvalue weighted by Gasteiger charge is -2.26. The largest absolute Gasteiger partial charge is 0.463 e. The van der Waals surface area contributed by atoms with Crippen LogP contribution in [0.2, 0.25) is 0 Å². The van der Waals surface area contributed by atoms with Crippen LogP contribution in [0, 0.1) is 5.92 Å². The number of carbonyl (C=O) groups is 2. The monoisotopic (exact) mass is 276 g/mol. The van der Waals surface area contributed by atoms with Crippen LogP contribution in [0.15, 0.2) is 0 Å². The summed E-state index contributed by atoms with van der Waals surface area (Å²) in [7, 11) is 0. The van der Waals surface area contributed by atoms with Gasteiger partial charge < -0.3 is 14.2 Å². The molecule has 0 aliphatic carbocycles. The maximum Gasteiger partial charge on any atom is 0.308 e. The molecule has 5 nitrogen and oxygen atoms in total. The lowest BCUT2D eigenvalue weighted by molar-refractivity contribution is -0.164. The van der Waals surface area contributed by atoms with Gasteiger partial charge in [0, 0.05) is 6.92 Å². The van der Waals surface area contributed by atoms with Gasteiger partial charge in [0.15, 0.2) is 11.8 Å². The van der Waals surface area contributed by atoms with Crippen LogP contribution >= 0.6 is 0 Å². The Labute approximate surface area is 112 Å². The molecule has 1 saturated heterocycles. The fraction of sp³-hybridized carbons (Fsp3) is 0.846. The Morgan fingerprint density at radius 1 is 1.42 bits per heavy atom. The Morgan fingerprint density at radius 2 is 2.00 bits per heavy atom. The molecule has 0 amide bonds. The molecule has 1 heterocycles. The minimum absolute atomic E-state index is 0.130. The molecule has 0 bridgehead atoms. The van der Waals surface area contributed by atoms with Crippen molar-refractivity contribution < 1.29 is 28.2 Å². The molecule has 0 saturated carbocycles. The van der Waals surface area contributed by atoms with Crippen LogP contribution in [0.1, 0.15) is 34.6 Å². The van der Waals surface area contributed by atoms with Crippen LogP contribution in [0.4, 0.5) is 4.39 Å². The highest BCUT2D eigenvalue weighted by Crippen LogP contribution is 2.37. The summed E-state index contributed by atoms with van der Waals surface area (Å²) in [6.07, 6.45) is -2.59. The minimum atomic E-state index is -1.81. The number of alkyl halides is 1. The maximum absolute atomic E-state index is 14.5. The molecule has 1 fully saturated rings. The van der Waals surface area contributed by atoms with Gasteiger partial charge in [-0.1, -0.05) is 13.8 Å². The Bertz CT molecular complexity index is 353. The Morgan fingerprint density at radius 3 is 2.47 bits per heavy atom. The first-order valence-electron chi connectivity index (χ1n) is 6.34. The third-order valence-corrected chi connectivity index (χ3v) is 3.23. The van der Waals surface area contributed by atoms with Gasteiger partial charge in [0.1, 0.15) is 12.7 Å². The summed E-state index contributed by atoms with van der Waals surface area (Å²) in [6, 6.07) is 0. The van der Waals surface area contributed by atoms with E-state index in [0.29, 0.717) is 0 Å². The second-order valence-electron chi connectivity index (χ2n) is 5.28. The van der Waals surface area contributed by atoms with Crippen molar-refractivity contribution in [3.05, 3.63) is 0 Å². The molecule has 110 valence electrons. The van der Waals surface area contributed by atoms with E-state index < -0.39 is 35.9 Å². The van der Waals surface area contributed by atoms with Crippen molar-refractivity contribution in [3.8, 4) is 0 Å². The molecule has 6 heteroatoms. The third kappa shape index (κ3) is 3.65. The number of hydrogen-bond donors (Lipinski definition) is 0. The Balaban J connectivity index is 2.78. The molecule has 0 radical (unpaired) electrons. The quantitative estimate of drug-likeness (QED) is 0.730. The molecule has 0 aromatic rings. The molecule has 19 heavy (non-hydrogen) atoms. The molecule has 0 N–H and O–H groups in total. The lowest BCUT2D eigenvalue weighted by atomic mass is 9.95. The molecule has 0 spiro atoms. The van der Waals surface area contributed by atoms with E-state index in [1.807, 2.05) is 0 Å². The highest BCUT2D eigenvalue weighted by atomic mass is 19.1. The van der Waals surface area contributed by atoms with Crippen molar-refractivity contribution in [2.24, 2.45) is 5.92 Å². The predicted octanol–water partition coefficient (Wildman–Crippen LogP) is 1.63. The zero-order valence-electron chi connectivity index (χ0n) is 11.9. The van der Waals surface area contributed by atoms with Gasteiger partial charge in [-0.15, -0.1) is 0 Å². The third-order valence-electron chi connectivity index (χ3n) is 3.23. The van der Waals surface area contributed by atoms with Crippen molar-refractivity contribution >= 4 is 11.9 Å². The summed E-state index contributed by atoms with van der Waals surface area (Å²) in [5.74, 6) is -1.35. The van der Waals surface area contributed by atoms with Crippen molar-refractivity contribution in [1.82, 2.24) is 0 Å². The second-order valence-corrected chi connectivity index (χ2v) is 5.28. The van der Waals surface area contributed by atoms with E-state index in [0.717, 1.165) is 0 Å². The molecule has 0 aromatic heterocycles. The molecule has 4 atom stereocenters. The van der Waals surface area contributed by atoms with Gasteiger partial charge in [-0.25, -0.2) is 4.39 Å². The Kier molecular flexibility index (Phi) is 4.90. The second kappa shape index (κ2) is 5.86. The zero-order valence-corrected chi connectivity index (χ0v) is 11.9. The first-order valence-corrected chi connectivity index (χ1v) is 6.34. The summed E-state index contributed by atoms with van der Waals surface area (Å²) in [6.45, 7) is 7.33. The number of carbonyl (C=O) groups excluding carboxylic acids is 2. The van der Waals surface area contributed by atoms with E-state index >= 15 is 0 Å². The molecule has 1 unspecified atom stereocenters. The fourth-order valence-corrected chi connectivity index (χ4v) is 1.84. The minimum Gasteiger partial charge on any atom is -0.463 e. The summed E-state index contributed by atoms with van der Waals surface area (Å²) >= 11 is 0. The van der Waals surface area contributed by atoms with Crippen LogP contribution in [-0.4, -0.2) is 42.5 Å². The van der Waals surface area contributed by atoms with Gasteiger partial charge in [-0.05, 0) is 13.8 Å². The molecule has 1 aliphatic heterocycles. The SMILES string of the molecule is CC(=O)OC[C@H]1OC(C)[C@](C)(F)[C@@H]1OC(=O)C(C)C. The standard InChI is InChI=1S/C13H21FO5/c1-7(2)12(16)19-11-10(6-17-9(4)15)18-8(3)13(11,5)14/h7-8,10-11H,6H2,1-5H3/t8?,10-,11-,13+/m1/s1. The molecule has 1 rings (SSSR count). The van der Waals surface area contributed by atoms with Crippen molar-refractivity contribution in [2.75, 3.05) is 6.61 Å². The van der Waals surface area contributed by atoms with Gasteiger partial charge in [0.25, 0.3) is 0 Å². The Hall–Kier alpha value is -1.17. The smallest absolute Gasteiger partial charge is 0.308 e. The number of halogens is 1. The van der Waals surface area contributed by atoms with Gasteiger partial charge in [0.05, 0.1) is 12.0 Å². The van der Waals surface area contributed by atoms with E-state index in [4.69, 9.17) is 14.2 Å². The van der Waals surface area contributed by atoms with Crippen LogP contribution < -0.4 is 0 Å². The van der Waals surface area contributed by atoms with E-state index in [1.54, 1.807) is 20.8 Å². The van der Waals surface area contributed by atoms with E-state index in [9.17, 15) is 14.0 Å². The highest BCUT2D eigenvalue weighted by molar-refractivity contribution is 5.72. The molecule has 0 aromatic carbocycles. The van der Waals surface area contributed by atoms with Crippen LogP contribution in [0.3, 0.4) is 0 Å². The number of rotatable bonds is 4. The van der Waals surface area contributed by atoms with Crippen LogP contribution in [-0.2, 0) is 23.8 Å². The summed E-state index contributed by atoms with van der Waals surface area (Å²) in [5.41, 5.74) is -1.81. The van der Waals surface area contributed by atoms with Gasteiger partial charge in [-0.2, -0.15) is 0 Å². The first-order chi connectivity index (χ1) is 8.66. The normalized spacial score (nSPS) is 34.4. The van der Waals surface area contributed by atoms with Crippen molar-refractivity contribution in [3.63, 3.8) is 0 Å². The van der Waals surface area contributed by atoms with Gasteiger partial charge >= 0.3 is 11.9 Å². The molecular weight excluding hydrogens is 255 g/mol. The number of hydrogen-bond acceptors (Lipinski definition) is 5. The van der Waals surface area contributed by atoms with Gasteiger partial charge in [0.2, 0.25) is 0 Å². The molecular formula is C13H21FO5. The fourth-order valence-electron chi connectivity index (χ4n) is 1.84. The van der Waals surface area contributed by atoms with E-state index in [2.05, 4.69) is 0 Å². The van der Waals surface area contributed by atoms with E-state index in [1.165, 1.54) is 13.8 Å². The number of ether oxygens (including phenoxy) is 3. The first kappa shape index (κ1) is 15.9. The highest BCUT2D eigenvalue weighted by Gasteiger charge is 2.55. The zero-order chi connectivity index (χ0) is 14.8. The summed E-state index contributed by atoms with van der Waals surface area (Å²) in [5, 5.41) is 0. The van der Waals surface area contributed by atoms with Crippen LogP contribution in [0.5, 0.6) is 0 Å². The predicted molar refractivity (Wildman–Crippen MR) is 65.2 cm³/mol. The van der Waals surface area contributed by atoms with Crippen molar-refractivity contribution in [1.29, 1.82) is 0 Å². The van der Waals surface area contributed by atoms with E-state index in [-0.39, 0.29) is 12.5 Å². The topological polar surface area (TPSA) is 61.8 Å². The van der Waals surface area contributed by atoms with Crippen LogP contribution in [0.25, 0.3) is 0 Å². The maximum atomic E-state index is 14.5. The average molecular weight is 276 g/mol. The van der Waals surface area contributed by atoms with Crippen molar-refractivity contribution in [2.45, 2.75) is 58.6 Å². The molecule has 1 aliphatic rings. The summed E-state index contributed by atoms with van der Waals surface area (Å²) in [4.78, 5) is 22.4. The van der Waals surface area contributed by atoms with Gasteiger partial charge in [-0.3, -0.25) is 9.59 Å². The average Bonchev–Trinajstić information content (AvgIpc) is 2.49.